The Morgan fingerprint density at radius 1 is 1.47 bits per heavy atom. The number of ether oxygens (including phenoxy) is 1. The topological polar surface area (TPSA) is 47.3 Å². The summed E-state index contributed by atoms with van der Waals surface area (Å²) in [5.41, 5.74) is 2.04. The van der Waals surface area contributed by atoms with Crippen molar-refractivity contribution in [2.75, 3.05) is 6.61 Å². The van der Waals surface area contributed by atoms with Gasteiger partial charge in [0.15, 0.2) is 0 Å². The van der Waals surface area contributed by atoms with Crippen molar-refractivity contribution in [2.45, 2.75) is 45.8 Å². The first kappa shape index (κ1) is 14.7. The minimum absolute atomic E-state index is 0.160. The van der Waals surface area contributed by atoms with Gasteiger partial charge in [0.1, 0.15) is 0 Å². The molecule has 0 saturated heterocycles. The first-order chi connectivity index (χ1) is 8.01. The summed E-state index contributed by atoms with van der Waals surface area (Å²) >= 11 is 3.54. The molecule has 1 aromatic rings. The predicted octanol–water partition coefficient (Wildman–Crippen LogP) is 2.07. The van der Waals surface area contributed by atoms with Crippen LogP contribution in [0.15, 0.2) is 4.47 Å². The van der Waals surface area contributed by atoms with Crippen LogP contribution in [-0.2, 0) is 24.6 Å². The quantitative estimate of drug-likeness (QED) is 0.875. The lowest BCUT2D eigenvalue weighted by Crippen LogP contribution is -2.29. The van der Waals surface area contributed by atoms with Crippen molar-refractivity contribution in [3.8, 4) is 0 Å². The molecule has 0 fully saturated rings. The molecule has 5 heteroatoms. The third kappa shape index (κ3) is 3.53. The Labute approximate surface area is 111 Å². The molecule has 0 spiro atoms. The normalized spacial score (nSPS) is 14.9. The van der Waals surface area contributed by atoms with Gasteiger partial charge in [-0.3, -0.25) is 4.68 Å². The molecule has 17 heavy (non-hydrogen) atoms. The van der Waals surface area contributed by atoms with Crippen molar-refractivity contribution < 1.29 is 9.84 Å². The molecule has 0 aliphatic carbocycles. The van der Waals surface area contributed by atoms with Crippen molar-refractivity contribution >= 4 is 15.9 Å². The number of halogens is 1. The standard InChI is InChI=1S/C12H21BrN2O2/c1-5-9-12(13)10(15(4)14-9)7-11(16)8(3)17-6-2/h8,11,16H,5-7H2,1-4H3. The van der Waals surface area contributed by atoms with Crippen LogP contribution < -0.4 is 0 Å². The molecule has 2 atom stereocenters. The van der Waals surface area contributed by atoms with E-state index in [0.717, 1.165) is 22.3 Å². The van der Waals surface area contributed by atoms with Crippen LogP contribution in [0.3, 0.4) is 0 Å². The number of rotatable bonds is 6. The molecule has 0 aliphatic heterocycles. The number of aliphatic hydroxyl groups excluding tert-OH is 1. The molecule has 1 rings (SSSR count). The summed E-state index contributed by atoms with van der Waals surface area (Å²) in [7, 11) is 1.90. The van der Waals surface area contributed by atoms with Crippen molar-refractivity contribution in [2.24, 2.45) is 7.05 Å². The van der Waals surface area contributed by atoms with Crippen LogP contribution >= 0.6 is 15.9 Å². The highest BCUT2D eigenvalue weighted by atomic mass is 79.9. The molecule has 2 unspecified atom stereocenters. The van der Waals surface area contributed by atoms with E-state index in [1.165, 1.54) is 0 Å². The number of aliphatic hydroxyl groups is 1. The number of aryl methyl sites for hydroxylation is 2. The lowest BCUT2D eigenvalue weighted by molar-refractivity contribution is -0.0215. The minimum Gasteiger partial charge on any atom is -0.390 e. The predicted molar refractivity (Wildman–Crippen MR) is 71.1 cm³/mol. The van der Waals surface area contributed by atoms with Crippen molar-refractivity contribution in [3.05, 3.63) is 15.9 Å². The van der Waals surface area contributed by atoms with Crippen LogP contribution in [0.25, 0.3) is 0 Å². The Bertz CT molecular complexity index is 366. The molecule has 0 aliphatic rings. The van der Waals surface area contributed by atoms with E-state index in [0.29, 0.717) is 13.0 Å². The van der Waals surface area contributed by atoms with E-state index in [1.807, 2.05) is 25.6 Å². The lowest BCUT2D eigenvalue weighted by Gasteiger charge is -2.18. The van der Waals surface area contributed by atoms with Gasteiger partial charge >= 0.3 is 0 Å². The van der Waals surface area contributed by atoms with Gasteiger partial charge in [-0.1, -0.05) is 6.92 Å². The average molecular weight is 305 g/mol. The van der Waals surface area contributed by atoms with E-state index in [4.69, 9.17) is 4.74 Å². The van der Waals surface area contributed by atoms with Gasteiger partial charge in [-0.25, -0.2) is 0 Å². The first-order valence-electron chi connectivity index (χ1n) is 6.01. The van der Waals surface area contributed by atoms with E-state index >= 15 is 0 Å². The molecular formula is C12H21BrN2O2. The highest BCUT2D eigenvalue weighted by Gasteiger charge is 2.20. The van der Waals surface area contributed by atoms with Gasteiger partial charge in [0.25, 0.3) is 0 Å². The average Bonchev–Trinajstić information content (AvgIpc) is 2.56. The van der Waals surface area contributed by atoms with Gasteiger partial charge in [-0.15, -0.1) is 0 Å². The summed E-state index contributed by atoms with van der Waals surface area (Å²) in [5.74, 6) is 0. The zero-order valence-corrected chi connectivity index (χ0v) is 12.5. The Balaban J connectivity index is 2.77. The largest absolute Gasteiger partial charge is 0.390 e. The molecule has 0 aromatic carbocycles. The molecule has 1 aromatic heterocycles. The van der Waals surface area contributed by atoms with Crippen LogP contribution in [0.5, 0.6) is 0 Å². The van der Waals surface area contributed by atoms with Crippen LogP contribution in [-0.4, -0.2) is 33.7 Å². The lowest BCUT2D eigenvalue weighted by atomic mass is 10.1. The molecule has 0 saturated carbocycles. The smallest absolute Gasteiger partial charge is 0.0854 e. The van der Waals surface area contributed by atoms with Crippen molar-refractivity contribution in [1.82, 2.24) is 9.78 Å². The summed E-state index contributed by atoms with van der Waals surface area (Å²) in [6, 6.07) is 0. The number of hydrogen-bond acceptors (Lipinski definition) is 3. The van der Waals surface area contributed by atoms with Gasteiger partial charge < -0.3 is 9.84 Å². The highest BCUT2D eigenvalue weighted by Crippen LogP contribution is 2.23. The Morgan fingerprint density at radius 2 is 2.12 bits per heavy atom. The van der Waals surface area contributed by atoms with Crippen molar-refractivity contribution in [1.29, 1.82) is 0 Å². The Kier molecular flexibility index (Phi) is 5.62. The third-order valence-corrected chi connectivity index (χ3v) is 3.79. The summed E-state index contributed by atoms with van der Waals surface area (Å²) in [4.78, 5) is 0. The zero-order valence-electron chi connectivity index (χ0n) is 10.9. The Hall–Kier alpha value is -0.390. The van der Waals surface area contributed by atoms with Crippen LogP contribution in [0.2, 0.25) is 0 Å². The van der Waals surface area contributed by atoms with E-state index in [9.17, 15) is 5.11 Å². The second-order valence-electron chi connectivity index (χ2n) is 4.12. The monoisotopic (exact) mass is 304 g/mol. The van der Waals surface area contributed by atoms with Gasteiger partial charge in [0.2, 0.25) is 0 Å². The molecule has 1 heterocycles. The summed E-state index contributed by atoms with van der Waals surface area (Å²) in [6.07, 6.45) is 0.759. The number of nitrogens with zero attached hydrogens (tertiary/aromatic N) is 2. The number of aromatic nitrogens is 2. The van der Waals surface area contributed by atoms with Crippen molar-refractivity contribution in [3.63, 3.8) is 0 Å². The van der Waals surface area contributed by atoms with Crippen LogP contribution in [0.1, 0.15) is 32.2 Å². The maximum atomic E-state index is 10.0. The van der Waals surface area contributed by atoms with E-state index in [2.05, 4.69) is 28.0 Å². The Morgan fingerprint density at radius 3 is 2.59 bits per heavy atom. The third-order valence-electron chi connectivity index (χ3n) is 2.88. The van der Waals surface area contributed by atoms with Gasteiger partial charge in [0.05, 0.1) is 28.1 Å². The summed E-state index contributed by atoms with van der Waals surface area (Å²) in [6.45, 7) is 6.50. The molecule has 0 bridgehead atoms. The van der Waals surface area contributed by atoms with Gasteiger partial charge in [-0.2, -0.15) is 5.10 Å². The first-order valence-corrected chi connectivity index (χ1v) is 6.80. The second-order valence-corrected chi connectivity index (χ2v) is 4.91. The minimum atomic E-state index is -0.508. The van der Waals surface area contributed by atoms with E-state index in [-0.39, 0.29) is 6.10 Å². The maximum absolute atomic E-state index is 10.0. The zero-order chi connectivity index (χ0) is 13.0. The molecule has 0 amide bonds. The van der Waals surface area contributed by atoms with E-state index in [1.54, 1.807) is 0 Å². The molecule has 0 radical (unpaired) electrons. The summed E-state index contributed by atoms with van der Waals surface area (Å²) in [5, 5.41) is 14.5. The molecule has 1 N–H and O–H groups in total. The fraction of sp³-hybridized carbons (Fsp3) is 0.750. The molecule has 4 nitrogen and oxygen atoms in total. The van der Waals surface area contributed by atoms with Crippen LogP contribution in [0.4, 0.5) is 0 Å². The summed E-state index contributed by atoms with van der Waals surface area (Å²) < 4.78 is 8.22. The van der Waals surface area contributed by atoms with Gasteiger partial charge in [-0.05, 0) is 36.2 Å². The maximum Gasteiger partial charge on any atom is 0.0854 e. The van der Waals surface area contributed by atoms with Crippen LogP contribution in [0, 0.1) is 0 Å². The van der Waals surface area contributed by atoms with Gasteiger partial charge in [0, 0.05) is 20.1 Å². The number of hydrogen-bond donors (Lipinski definition) is 1. The molecular weight excluding hydrogens is 284 g/mol. The fourth-order valence-corrected chi connectivity index (χ4v) is 2.56. The van der Waals surface area contributed by atoms with E-state index < -0.39 is 6.10 Å². The second kappa shape index (κ2) is 6.52. The fourth-order valence-electron chi connectivity index (χ4n) is 1.78. The molecule has 98 valence electrons. The highest BCUT2D eigenvalue weighted by molar-refractivity contribution is 9.10. The SMILES string of the molecule is CCOC(C)C(O)Cc1c(Br)c(CC)nn1C.